The van der Waals surface area contributed by atoms with E-state index in [2.05, 4.69) is 34.0 Å². The predicted octanol–water partition coefficient (Wildman–Crippen LogP) is 2.44. The summed E-state index contributed by atoms with van der Waals surface area (Å²) in [6.07, 6.45) is 1.88. The predicted molar refractivity (Wildman–Crippen MR) is 72.7 cm³/mol. The summed E-state index contributed by atoms with van der Waals surface area (Å²) >= 11 is 5.97. The third kappa shape index (κ3) is 5.33. The Kier molecular flexibility index (Phi) is 5.65. The van der Waals surface area contributed by atoms with E-state index in [1.54, 1.807) is 6.07 Å². The molecule has 0 fully saturated rings. The minimum Gasteiger partial charge on any atom is -0.366 e. The van der Waals surface area contributed by atoms with E-state index in [0.717, 1.165) is 31.0 Å². The Labute approximate surface area is 108 Å². The molecule has 0 bridgehead atoms. The molecule has 5 heteroatoms. The highest BCUT2D eigenvalue weighted by molar-refractivity contribution is 6.29. The first-order valence-corrected chi connectivity index (χ1v) is 6.33. The minimum atomic E-state index is 0.324. The molecule has 1 aromatic heterocycles. The van der Waals surface area contributed by atoms with Crippen LogP contribution in [0.3, 0.4) is 0 Å². The number of hydrogen-bond donors (Lipinski definition) is 1. The van der Waals surface area contributed by atoms with E-state index < -0.39 is 0 Å². The van der Waals surface area contributed by atoms with Gasteiger partial charge in [0.1, 0.15) is 16.8 Å². The Morgan fingerprint density at radius 1 is 1.41 bits per heavy atom. The van der Waals surface area contributed by atoms with E-state index in [0.29, 0.717) is 11.2 Å². The van der Waals surface area contributed by atoms with Gasteiger partial charge in [0.15, 0.2) is 0 Å². The van der Waals surface area contributed by atoms with Crippen LogP contribution in [0, 0.1) is 0 Å². The number of aryl methyl sites for hydroxylation is 1. The van der Waals surface area contributed by atoms with Gasteiger partial charge in [-0.1, -0.05) is 18.5 Å². The maximum atomic E-state index is 5.97. The summed E-state index contributed by atoms with van der Waals surface area (Å²) in [5.41, 5.74) is 0. The molecule has 4 nitrogen and oxygen atoms in total. The molecule has 0 spiro atoms. The lowest BCUT2D eigenvalue weighted by molar-refractivity contribution is 0.392. The maximum absolute atomic E-state index is 5.97. The number of anilines is 1. The van der Waals surface area contributed by atoms with E-state index in [1.807, 2.05) is 14.1 Å². The summed E-state index contributed by atoms with van der Waals surface area (Å²) in [4.78, 5) is 10.8. The van der Waals surface area contributed by atoms with Crippen LogP contribution in [0.25, 0.3) is 0 Å². The van der Waals surface area contributed by atoms with Crippen LogP contribution in [0.15, 0.2) is 6.07 Å². The second kappa shape index (κ2) is 6.77. The van der Waals surface area contributed by atoms with Gasteiger partial charge in [-0.15, -0.1) is 0 Å². The monoisotopic (exact) mass is 256 g/mol. The molecule has 0 aliphatic heterocycles. The van der Waals surface area contributed by atoms with Gasteiger partial charge in [0, 0.05) is 25.1 Å². The Morgan fingerprint density at radius 2 is 2.12 bits per heavy atom. The fourth-order valence-corrected chi connectivity index (χ4v) is 1.92. The number of hydrogen-bond acceptors (Lipinski definition) is 4. The molecule has 0 saturated heterocycles. The summed E-state index contributed by atoms with van der Waals surface area (Å²) in [5.74, 6) is 1.61. The molecule has 1 rings (SSSR count). The lowest BCUT2D eigenvalue weighted by atomic mass is 10.3. The van der Waals surface area contributed by atoms with Gasteiger partial charge in [0.25, 0.3) is 0 Å². The second-order valence-electron chi connectivity index (χ2n) is 4.55. The summed E-state index contributed by atoms with van der Waals surface area (Å²) < 4.78 is 0. The van der Waals surface area contributed by atoms with Crippen LogP contribution >= 0.6 is 11.6 Å². The average molecular weight is 257 g/mol. The van der Waals surface area contributed by atoms with Gasteiger partial charge in [0.05, 0.1) is 0 Å². The van der Waals surface area contributed by atoms with Crippen molar-refractivity contribution in [2.75, 3.05) is 26.0 Å². The highest BCUT2D eigenvalue weighted by Gasteiger charge is 2.07. The van der Waals surface area contributed by atoms with Crippen molar-refractivity contribution in [2.45, 2.75) is 32.7 Å². The van der Waals surface area contributed by atoms with Crippen LogP contribution in [-0.4, -0.2) is 41.5 Å². The topological polar surface area (TPSA) is 41.1 Å². The number of likely N-dealkylation sites (N-methyl/N-ethyl adjacent to an activating group) is 1. The molecule has 1 heterocycles. The Balaban J connectivity index is 2.69. The maximum Gasteiger partial charge on any atom is 0.134 e. The lowest BCUT2D eigenvalue weighted by Gasteiger charge is -2.19. The molecule has 1 unspecified atom stereocenters. The van der Waals surface area contributed by atoms with Crippen molar-refractivity contribution in [1.29, 1.82) is 0 Å². The van der Waals surface area contributed by atoms with E-state index in [1.165, 1.54) is 0 Å². The molecule has 0 saturated carbocycles. The number of nitrogens with zero attached hydrogens (tertiary/aromatic N) is 3. The largest absolute Gasteiger partial charge is 0.366 e. The zero-order chi connectivity index (χ0) is 12.8. The molecule has 0 aliphatic rings. The molecule has 1 atom stereocenters. The van der Waals surface area contributed by atoms with Crippen molar-refractivity contribution in [3.05, 3.63) is 17.0 Å². The highest BCUT2D eigenvalue weighted by atomic mass is 35.5. The van der Waals surface area contributed by atoms with E-state index >= 15 is 0 Å². The number of halogens is 1. The summed E-state index contributed by atoms with van der Waals surface area (Å²) in [7, 11) is 4.10. The van der Waals surface area contributed by atoms with Crippen molar-refractivity contribution in [3.8, 4) is 0 Å². The molecule has 17 heavy (non-hydrogen) atoms. The average Bonchev–Trinajstić information content (AvgIpc) is 2.14. The Morgan fingerprint density at radius 3 is 2.71 bits per heavy atom. The lowest BCUT2D eigenvalue weighted by Crippen LogP contribution is -2.30. The van der Waals surface area contributed by atoms with Crippen LogP contribution in [0.4, 0.5) is 5.82 Å². The van der Waals surface area contributed by atoms with Crippen LogP contribution in [0.1, 0.15) is 26.1 Å². The molecular weight excluding hydrogens is 236 g/mol. The SMILES string of the molecule is CCCc1nc(Cl)cc(NC(C)CN(C)C)n1. The van der Waals surface area contributed by atoms with Gasteiger partial charge in [-0.2, -0.15) is 0 Å². The van der Waals surface area contributed by atoms with E-state index in [-0.39, 0.29) is 0 Å². The first-order valence-electron chi connectivity index (χ1n) is 5.96. The third-order valence-corrected chi connectivity index (χ3v) is 2.44. The van der Waals surface area contributed by atoms with Crippen LogP contribution in [0.2, 0.25) is 5.15 Å². The molecule has 96 valence electrons. The van der Waals surface area contributed by atoms with Gasteiger partial charge in [0.2, 0.25) is 0 Å². The van der Waals surface area contributed by atoms with Gasteiger partial charge in [-0.05, 0) is 27.4 Å². The molecular formula is C12H21ClN4. The van der Waals surface area contributed by atoms with Crippen molar-refractivity contribution in [1.82, 2.24) is 14.9 Å². The van der Waals surface area contributed by atoms with Crippen LogP contribution < -0.4 is 5.32 Å². The quantitative estimate of drug-likeness (QED) is 0.794. The molecule has 1 aromatic rings. The van der Waals surface area contributed by atoms with E-state index in [9.17, 15) is 0 Å². The summed E-state index contributed by atoms with van der Waals surface area (Å²) in [6.45, 7) is 5.17. The standard InChI is InChI=1S/C12H21ClN4/c1-5-6-11-15-10(13)7-12(16-11)14-9(2)8-17(3)4/h7,9H,5-6,8H2,1-4H3,(H,14,15,16). The normalized spacial score (nSPS) is 12.8. The zero-order valence-electron chi connectivity index (χ0n) is 11.0. The van der Waals surface area contributed by atoms with Crippen molar-refractivity contribution >= 4 is 17.4 Å². The van der Waals surface area contributed by atoms with Gasteiger partial charge in [-0.25, -0.2) is 9.97 Å². The molecule has 1 N–H and O–H groups in total. The first kappa shape index (κ1) is 14.2. The summed E-state index contributed by atoms with van der Waals surface area (Å²) in [5, 5.41) is 3.84. The fraction of sp³-hybridized carbons (Fsp3) is 0.667. The first-order chi connectivity index (χ1) is 8.01. The second-order valence-corrected chi connectivity index (χ2v) is 4.94. The Bertz CT molecular complexity index is 354. The van der Waals surface area contributed by atoms with Crippen molar-refractivity contribution in [3.63, 3.8) is 0 Å². The molecule has 0 amide bonds. The molecule has 0 radical (unpaired) electrons. The summed E-state index contributed by atoms with van der Waals surface area (Å²) in [6, 6.07) is 2.10. The molecule has 0 aliphatic carbocycles. The van der Waals surface area contributed by atoms with Crippen molar-refractivity contribution in [2.24, 2.45) is 0 Å². The Hall–Kier alpha value is -0.870. The fourth-order valence-electron chi connectivity index (χ4n) is 1.72. The van der Waals surface area contributed by atoms with E-state index in [4.69, 9.17) is 11.6 Å². The third-order valence-electron chi connectivity index (χ3n) is 2.25. The number of rotatable bonds is 6. The van der Waals surface area contributed by atoms with Gasteiger partial charge < -0.3 is 10.2 Å². The molecule has 0 aromatic carbocycles. The zero-order valence-corrected chi connectivity index (χ0v) is 11.8. The van der Waals surface area contributed by atoms with Crippen LogP contribution in [0.5, 0.6) is 0 Å². The van der Waals surface area contributed by atoms with Crippen LogP contribution in [-0.2, 0) is 6.42 Å². The van der Waals surface area contributed by atoms with Gasteiger partial charge in [-0.3, -0.25) is 0 Å². The van der Waals surface area contributed by atoms with Crippen molar-refractivity contribution < 1.29 is 0 Å². The number of aromatic nitrogens is 2. The smallest absolute Gasteiger partial charge is 0.134 e. The number of nitrogens with one attached hydrogen (secondary N) is 1. The van der Waals surface area contributed by atoms with Gasteiger partial charge >= 0.3 is 0 Å². The highest BCUT2D eigenvalue weighted by Crippen LogP contribution is 2.13. The minimum absolute atomic E-state index is 0.324.